The first kappa shape index (κ1) is 17.3. The lowest BCUT2D eigenvalue weighted by Gasteiger charge is -2.27. The number of piperidine rings is 1. The van der Waals surface area contributed by atoms with E-state index in [0.717, 1.165) is 30.8 Å². The Hall–Kier alpha value is -2.53. The standard InChI is InChI=1S/C20H24N2O3/c1-14-12-15(10-11-21-14)20(23)22-16-6-8-17(9-7-16)25-19-5-3-4-18(13-19)24-2/h3-9,13-15,21H,10-12H2,1-2H3,(H,22,23)/t14-,15-/m0/s1. The summed E-state index contributed by atoms with van der Waals surface area (Å²) in [6.07, 6.45) is 1.76. The molecular weight excluding hydrogens is 316 g/mol. The van der Waals surface area contributed by atoms with Crippen LogP contribution in [-0.2, 0) is 4.79 Å². The van der Waals surface area contributed by atoms with Crippen LogP contribution in [0.15, 0.2) is 48.5 Å². The number of hydrogen-bond acceptors (Lipinski definition) is 4. The van der Waals surface area contributed by atoms with Crippen LogP contribution in [0.3, 0.4) is 0 Å². The second kappa shape index (κ2) is 8.03. The third-order valence-corrected chi connectivity index (χ3v) is 4.39. The van der Waals surface area contributed by atoms with Crippen molar-refractivity contribution in [1.82, 2.24) is 5.32 Å². The first-order chi connectivity index (χ1) is 12.1. The molecule has 0 radical (unpaired) electrons. The quantitative estimate of drug-likeness (QED) is 0.869. The van der Waals surface area contributed by atoms with Crippen molar-refractivity contribution >= 4 is 11.6 Å². The van der Waals surface area contributed by atoms with Crippen LogP contribution in [0.5, 0.6) is 17.2 Å². The van der Waals surface area contributed by atoms with Crippen molar-refractivity contribution in [3.8, 4) is 17.2 Å². The number of anilines is 1. The van der Waals surface area contributed by atoms with Gasteiger partial charge in [0.25, 0.3) is 0 Å². The first-order valence-corrected chi connectivity index (χ1v) is 8.60. The van der Waals surface area contributed by atoms with Gasteiger partial charge in [-0.3, -0.25) is 4.79 Å². The van der Waals surface area contributed by atoms with E-state index in [4.69, 9.17) is 9.47 Å². The number of nitrogens with one attached hydrogen (secondary N) is 2. The smallest absolute Gasteiger partial charge is 0.227 e. The fourth-order valence-corrected chi connectivity index (χ4v) is 3.02. The summed E-state index contributed by atoms with van der Waals surface area (Å²) in [6, 6.07) is 15.2. The number of hydrogen-bond donors (Lipinski definition) is 2. The zero-order chi connectivity index (χ0) is 17.6. The van der Waals surface area contributed by atoms with Crippen LogP contribution in [-0.4, -0.2) is 25.6 Å². The minimum Gasteiger partial charge on any atom is -0.497 e. The molecule has 5 nitrogen and oxygen atoms in total. The Morgan fingerprint density at radius 1 is 1.12 bits per heavy atom. The summed E-state index contributed by atoms with van der Waals surface area (Å²) in [7, 11) is 1.62. The van der Waals surface area contributed by atoms with E-state index < -0.39 is 0 Å². The van der Waals surface area contributed by atoms with Crippen molar-refractivity contribution in [1.29, 1.82) is 0 Å². The number of benzene rings is 2. The highest BCUT2D eigenvalue weighted by Crippen LogP contribution is 2.26. The van der Waals surface area contributed by atoms with Crippen LogP contribution in [0.2, 0.25) is 0 Å². The number of carbonyl (C=O) groups is 1. The van der Waals surface area contributed by atoms with Crippen molar-refractivity contribution in [2.75, 3.05) is 19.0 Å². The summed E-state index contributed by atoms with van der Waals surface area (Å²) in [6.45, 7) is 3.01. The Labute approximate surface area is 148 Å². The van der Waals surface area contributed by atoms with E-state index in [-0.39, 0.29) is 11.8 Å². The molecule has 1 aliphatic rings. The molecule has 0 aliphatic carbocycles. The zero-order valence-corrected chi connectivity index (χ0v) is 14.6. The van der Waals surface area contributed by atoms with Crippen molar-refractivity contribution < 1.29 is 14.3 Å². The second-order valence-electron chi connectivity index (χ2n) is 6.37. The molecule has 0 aromatic heterocycles. The van der Waals surface area contributed by atoms with Gasteiger partial charge >= 0.3 is 0 Å². The van der Waals surface area contributed by atoms with Crippen molar-refractivity contribution in [3.05, 3.63) is 48.5 Å². The van der Waals surface area contributed by atoms with Gasteiger partial charge in [0.15, 0.2) is 0 Å². The largest absolute Gasteiger partial charge is 0.497 e. The summed E-state index contributed by atoms with van der Waals surface area (Å²) in [5.41, 5.74) is 0.786. The molecular formula is C20H24N2O3. The molecule has 2 N–H and O–H groups in total. The molecule has 2 atom stereocenters. The van der Waals surface area contributed by atoms with Crippen molar-refractivity contribution in [2.24, 2.45) is 5.92 Å². The highest BCUT2D eigenvalue weighted by molar-refractivity contribution is 5.92. The van der Waals surface area contributed by atoms with Gasteiger partial charge in [-0.15, -0.1) is 0 Å². The Bertz CT molecular complexity index is 715. The highest BCUT2D eigenvalue weighted by Gasteiger charge is 2.24. The summed E-state index contributed by atoms with van der Waals surface area (Å²) in [4.78, 5) is 12.4. The van der Waals surface area contributed by atoms with Gasteiger partial charge in [0.2, 0.25) is 5.91 Å². The van der Waals surface area contributed by atoms with Gasteiger partial charge in [0.1, 0.15) is 17.2 Å². The molecule has 132 valence electrons. The predicted molar refractivity (Wildman–Crippen MR) is 98.3 cm³/mol. The van der Waals surface area contributed by atoms with Crippen LogP contribution < -0.4 is 20.1 Å². The normalized spacial score (nSPS) is 19.9. The van der Waals surface area contributed by atoms with Crippen LogP contribution in [0.4, 0.5) is 5.69 Å². The van der Waals surface area contributed by atoms with E-state index >= 15 is 0 Å². The number of amides is 1. The average molecular weight is 340 g/mol. The second-order valence-corrected chi connectivity index (χ2v) is 6.37. The van der Waals surface area contributed by atoms with Gasteiger partial charge in [0, 0.05) is 23.7 Å². The predicted octanol–water partition coefficient (Wildman–Crippen LogP) is 3.81. The third kappa shape index (κ3) is 4.73. The molecule has 0 spiro atoms. The minimum absolute atomic E-state index is 0.0731. The number of methoxy groups -OCH3 is 1. The lowest BCUT2D eigenvalue weighted by molar-refractivity contribution is -0.120. The summed E-state index contributed by atoms with van der Waals surface area (Å²) in [5, 5.41) is 6.36. The van der Waals surface area contributed by atoms with Crippen LogP contribution in [0.1, 0.15) is 19.8 Å². The van der Waals surface area contributed by atoms with Crippen LogP contribution in [0.25, 0.3) is 0 Å². The van der Waals surface area contributed by atoms with Gasteiger partial charge in [0.05, 0.1) is 7.11 Å². The van der Waals surface area contributed by atoms with E-state index in [1.165, 1.54) is 0 Å². The fraction of sp³-hybridized carbons (Fsp3) is 0.350. The lowest BCUT2D eigenvalue weighted by Crippen LogP contribution is -2.40. The van der Waals surface area contributed by atoms with E-state index in [0.29, 0.717) is 17.5 Å². The average Bonchev–Trinajstić information content (AvgIpc) is 2.63. The summed E-state index contributed by atoms with van der Waals surface area (Å²) >= 11 is 0. The molecule has 2 aromatic carbocycles. The Kier molecular flexibility index (Phi) is 5.56. The number of rotatable bonds is 5. The molecule has 1 amide bonds. The first-order valence-electron chi connectivity index (χ1n) is 8.60. The minimum atomic E-state index is 0.0731. The molecule has 0 bridgehead atoms. The Morgan fingerprint density at radius 2 is 1.88 bits per heavy atom. The molecule has 1 aliphatic heterocycles. The highest BCUT2D eigenvalue weighted by atomic mass is 16.5. The maximum absolute atomic E-state index is 12.4. The molecule has 25 heavy (non-hydrogen) atoms. The molecule has 1 saturated heterocycles. The molecule has 3 rings (SSSR count). The van der Waals surface area contributed by atoms with Crippen LogP contribution in [0, 0.1) is 5.92 Å². The molecule has 1 fully saturated rings. The van der Waals surface area contributed by atoms with E-state index in [1.54, 1.807) is 7.11 Å². The molecule has 0 unspecified atom stereocenters. The SMILES string of the molecule is COc1cccc(Oc2ccc(NC(=O)[C@H]3CCN[C@@H](C)C3)cc2)c1. The molecule has 0 saturated carbocycles. The molecule has 5 heteroatoms. The van der Waals surface area contributed by atoms with Gasteiger partial charge in [-0.05, 0) is 62.7 Å². The Balaban J connectivity index is 1.59. The topological polar surface area (TPSA) is 59.6 Å². The maximum atomic E-state index is 12.4. The Morgan fingerprint density at radius 3 is 2.60 bits per heavy atom. The van der Waals surface area contributed by atoms with Gasteiger partial charge < -0.3 is 20.1 Å². The molecule has 1 heterocycles. The fourth-order valence-electron chi connectivity index (χ4n) is 3.02. The monoisotopic (exact) mass is 340 g/mol. The van der Waals surface area contributed by atoms with E-state index in [1.807, 2.05) is 48.5 Å². The zero-order valence-electron chi connectivity index (χ0n) is 14.6. The van der Waals surface area contributed by atoms with Gasteiger partial charge in [-0.2, -0.15) is 0 Å². The van der Waals surface area contributed by atoms with Crippen molar-refractivity contribution in [3.63, 3.8) is 0 Å². The van der Waals surface area contributed by atoms with E-state index in [2.05, 4.69) is 17.6 Å². The van der Waals surface area contributed by atoms with E-state index in [9.17, 15) is 4.79 Å². The number of ether oxygens (including phenoxy) is 2. The maximum Gasteiger partial charge on any atom is 0.227 e. The lowest BCUT2D eigenvalue weighted by atomic mass is 9.92. The van der Waals surface area contributed by atoms with Crippen molar-refractivity contribution in [2.45, 2.75) is 25.8 Å². The van der Waals surface area contributed by atoms with Gasteiger partial charge in [-0.25, -0.2) is 0 Å². The van der Waals surface area contributed by atoms with Gasteiger partial charge in [-0.1, -0.05) is 6.07 Å². The summed E-state index contributed by atoms with van der Waals surface area (Å²) < 4.78 is 11.0. The summed E-state index contributed by atoms with van der Waals surface area (Å²) in [5.74, 6) is 2.33. The third-order valence-electron chi connectivity index (χ3n) is 4.39. The number of carbonyl (C=O) groups excluding carboxylic acids is 1. The molecule has 2 aromatic rings. The van der Waals surface area contributed by atoms with Crippen LogP contribution >= 0.6 is 0 Å².